The maximum atomic E-state index is 5.48. The summed E-state index contributed by atoms with van der Waals surface area (Å²) in [5, 5.41) is 12.5. The average molecular weight is 220 g/mol. The molecule has 0 saturated heterocycles. The highest BCUT2D eigenvalue weighted by Gasteiger charge is 2.04. The zero-order valence-electron chi connectivity index (χ0n) is 8.92. The number of nitrogens with zero attached hydrogens (tertiary/aromatic N) is 2. The predicted octanol–water partition coefficient (Wildman–Crippen LogP) is 3.53. The van der Waals surface area contributed by atoms with Crippen LogP contribution in [-0.2, 0) is 0 Å². The smallest absolute Gasteiger partial charge is 0.134 e. The lowest BCUT2D eigenvalue weighted by molar-refractivity contribution is 0.604. The summed E-state index contributed by atoms with van der Waals surface area (Å²) >= 11 is 0. The third-order valence-corrected chi connectivity index (χ3v) is 3.07. The van der Waals surface area contributed by atoms with Gasteiger partial charge in [0.25, 0.3) is 0 Å². The highest BCUT2D eigenvalue weighted by molar-refractivity contribution is 6.09. The fraction of sp³-hybridized carbons (Fsp3) is 0. The monoisotopic (exact) mass is 220 g/mol. The molecule has 80 valence electrons. The highest BCUT2D eigenvalue weighted by Crippen LogP contribution is 2.28. The molecule has 0 aliphatic rings. The molecule has 0 atom stereocenters. The van der Waals surface area contributed by atoms with Crippen molar-refractivity contribution in [3.05, 3.63) is 48.9 Å². The number of rotatable bonds is 0. The first kappa shape index (κ1) is 8.70. The van der Waals surface area contributed by atoms with Gasteiger partial charge < -0.3 is 4.42 Å². The SMILES string of the molecule is c1coc2ccc3cc4nncc4cc3c2c1. The number of fused-ring (bicyclic) bond motifs is 4. The van der Waals surface area contributed by atoms with Gasteiger partial charge in [-0.25, -0.2) is 0 Å². The van der Waals surface area contributed by atoms with Crippen molar-refractivity contribution in [2.24, 2.45) is 0 Å². The van der Waals surface area contributed by atoms with E-state index in [1.807, 2.05) is 12.1 Å². The van der Waals surface area contributed by atoms with Gasteiger partial charge in [0.2, 0.25) is 0 Å². The summed E-state index contributed by atoms with van der Waals surface area (Å²) < 4.78 is 5.48. The Morgan fingerprint density at radius 1 is 0.941 bits per heavy atom. The maximum absolute atomic E-state index is 5.48. The molecular formula is C14H8N2O. The molecule has 2 aromatic heterocycles. The van der Waals surface area contributed by atoms with Crippen LogP contribution in [0, 0.1) is 0 Å². The van der Waals surface area contributed by atoms with E-state index in [0.29, 0.717) is 0 Å². The average Bonchev–Trinajstić information content (AvgIpc) is 2.83. The summed E-state index contributed by atoms with van der Waals surface area (Å²) in [4.78, 5) is 0. The third-order valence-electron chi connectivity index (χ3n) is 3.07. The Bertz CT molecular complexity index is 848. The van der Waals surface area contributed by atoms with Crippen molar-refractivity contribution in [3.8, 4) is 0 Å². The van der Waals surface area contributed by atoms with Crippen molar-refractivity contribution in [2.45, 2.75) is 0 Å². The van der Waals surface area contributed by atoms with Crippen LogP contribution in [0.3, 0.4) is 0 Å². The molecule has 0 aliphatic carbocycles. The molecule has 0 unspecified atom stereocenters. The molecule has 2 aromatic carbocycles. The van der Waals surface area contributed by atoms with Gasteiger partial charge in [0.1, 0.15) is 5.58 Å². The van der Waals surface area contributed by atoms with Gasteiger partial charge in [0.15, 0.2) is 0 Å². The first-order valence-corrected chi connectivity index (χ1v) is 5.43. The van der Waals surface area contributed by atoms with Gasteiger partial charge in [-0.2, -0.15) is 10.2 Å². The lowest BCUT2D eigenvalue weighted by Crippen LogP contribution is -1.78. The second-order valence-corrected chi connectivity index (χ2v) is 4.07. The Hall–Kier alpha value is -2.42. The van der Waals surface area contributed by atoms with Crippen molar-refractivity contribution in [3.63, 3.8) is 0 Å². The van der Waals surface area contributed by atoms with E-state index in [0.717, 1.165) is 27.3 Å². The Kier molecular flexibility index (Phi) is 1.56. The first-order valence-electron chi connectivity index (χ1n) is 5.43. The Labute approximate surface area is 96.7 Å². The largest absolute Gasteiger partial charge is 0.464 e. The molecule has 0 N–H and O–H groups in total. The van der Waals surface area contributed by atoms with Crippen molar-refractivity contribution in [2.75, 3.05) is 0 Å². The first-order chi connectivity index (χ1) is 8.42. The quantitative estimate of drug-likeness (QED) is 0.425. The van der Waals surface area contributed by atoms with Crippen molar-refractivity contribution in [1.29, 1.82) is 0 Å². The molecule has 4 aromatic rings. The second kappa shape index (κ2) is 3.04. The summed E-state index contributed by atoms with van der Waals surface area (Å²) in [7, 11) is 0. The van der Waals surface area contributed by atoms with Crippen molar-refractivity contribution in [1.82, 2.24) is 10.2 Å². The van der Waals surface area contributed by atoms with E-state index in [1.54, 1.807) is 12.5 Å². The summed E-state index contributed by atoms with van der Waals surface area (Å²) in [6.07, 6.45) is 3.48. The molecule has 3 nitrogen and oxygen atoms in total. The van der Waals surface area contributed by atoms with E-state index >= 15 is 0 Å². The minimum Gasteiger partial charge on any atom is -0.464 e. The van der Waals surface area contributed by atoms with Gasteiger partial charge in [-0.05, 0) is 41.1 Å². The minimum absolute atomic E-state index is 0.895. The summed E-state index contributed by atoms with van der Waals surface area (Å²) in [5.41, 5.74) is 1.83. The fourth-order valence-electron chi connectivity index (χ4n) is 2.25. The molecule has 17 heavy (non-hydrogen) atoms. The molecular weight excluding hydrogens is 212 g/mol. The minimum atomic E-state index is 0.895. The zero-order valence-corrected chi connectivity index (χ0v) is 8.92. The normalized spacial score (nSPS) is 11.5. The van der Waals surface area contributed by atoms with E-state index in [4.69, 9.17) is 4.42 Å². The van der Waals surface area contributed by atoms with Gasteiger partial charge in [-0.3, -0.25) is 0 Å². The van der Waals surface area contributed by atoms with Crippen LogP contribution in [0.25, 0.3) is 32.6 Å². The van der Waals surface area contributed by atoms with E-state index in [-0.39, 0.29) is 0 Å². The van der Waals surface area contributed by atoms with Crippen LogP contribution in [0.4, 0.5) is 0 Å². The molecule has 0 fully saturated rings. The number of benzene rings is 2. The molecule has 0 spiro atoms. The van der Waals surface area contributed by atoms with E-state index in [9.17, 15) is 0 Å². The van der Waals surface area contributed by atoms with Crippen LogP contribution < -0.4 is 0 Å². The highest BCUT2D eigenvalue weighted by atomic mass is 16.3. The van der Waals surface area contributed by atoms with Crippen LogP contribution in [0.1, 0.15) is 0 Å². The standard InChI is InChI=1S/C14H8N2O/c1-2-11-12-6-10-8-15-16-13(10)7-9(12)3-4-14(11)17-5-1/h1-8H. The molecule has 4 rings (SSSR count). The lowest BCUT2D eigenvalue weighted by Gasteiger charge is -2.02. The molecule has 0 saturated carbocycles. The molecule has 2 heterocycles. The van der Waals surface area contributed by atoms with Crippen LogP contribution in [0.15, 0.2) is 53.3 Å². The number of hydrogen-bond acceptors (Lipinski definition) is 3. The van der Waals surface area contributed by atoms with Crippen LogP contribution >= 0.6 is 0 Å². The van der Waals surface area contributed by atoms with Gasteiger partial charge >= 0.3 is 0 Å². The fourth-order valence-corrected chi connectivity index (χ4v) is 2.25. The predicted molar refractivity (Wildman–Crippen MR) is 66.8 cm³/mol. The van der Waals surface area contributed by atoms with Crippen molar-refractivity contribution < 1.29 is 4.42 Å². The summed E-state index contributed by atoms with van der Waals surface area (Å²) in [6.45, 7) is 0. The van der Waals surface area contributed by atoms with E-state index in [2.05, 4.69) is 34.5 Å². The van der Waals surface area contributed by atoms with Crippen LogP contribution in [0.5, 0.6) is 0 Å². The lowest BCUT2D eigenvalue weighted by atomic mass is 10.0. The second-order valence-electron chi connectivity index (χ2n) is 4.07. The van der Waals surface area contributed by atoms with Crippen molar-refractivity contribution >= 4 is 32.6 Å². The van der Waals surface area contributed by atoms with Crippen LogP contribution in [0.2, 0.25) is 0 Å². The molecule has 0 radical (unpaired) electrons. The third kappa shape index (κ3) is 1.16. The Balaban J connectivity index is 2.30. The Morgan fingerprint density at radius 3 is 2.94 bits per heavy atom. The van der Waals surface area contributed by atoms with E-state index in [1.165, 1.54) is 5.39 Å². The zero-order chi connectivity index (χ0) is 11.2. The summed E-state index contributed by atoms with van der Waals surface area (Å²) in [6, 6.07) is 12.2. The van der Waals surface area contributed by atoms with Gasteiger partial charge in [-0.15, -0.1) is 0 Å². The van der Waals surface area contributed by atoms with E-state index < -0.39 is 0 Å². The number of hydrogen-bond donors (Lipinski definition) is 0. The number of aromatic nitrogens is 2. The molecule has 0 bridgehead atoms. The topological polar surface area (TPSA) is 38.9 Å². The van der Waals surface area contributed by atoms with Gasteiger partial charge in [-0.1, -0.05) is 6.07 Å². The molecule has 0 amide bonds. The Morgan fingerprint density at radius 2 is 1.94 bits per heavy atom. The van der Waals surface area contributed by atoms with Gasteiger partial charge in [0, 0.05) is 10.8 Å². The van der Waals surface area contributed by atoms with Crippen LogP contribution in [-0.4, -0.2) is 10.2 Å². The summed E-state index contributed by atoms with van der Waals surface area (Å²) in [5.74, 6) is 0. The molecule has 0 aliphatic heterocycles. The molecule has 3 heteroatoms. The maximum Gasteiger partial charge on any atom is 0.134 e. The van der Waals surface area contributed by atoms with Gasteiger partial charge in [0.05, 0.1) is 18.0 Å².